The first-order valence-electron chi connectivity index (χ1n) is 36.5. The Morgan fingerprint density at radius 2 is 0.714 bits per heavy atom. The van der Waals surface area contributed by atoms with Crippen molar-refractivity contribution in [3.05, 3.63) is 56.2 Å². The van der Waals surface area contributed by atoms with Gasteiger partial charge in [0.25, 0.3) is 0 Å². The summed E-state index contributed by atoms with van der Waals surface area (Å²) >= 11 is 3.38. The first kappa shape index (κ1) is 90.7. The van der Waals surface area contributed by atoms with Crippen molar-refractivity contribution in [3.8, 4) is 35.3 Å². The molecule has 13 N–H and O–H groups in total. The molecule has 3 aliphatic heterocycles. The van der Waals surface area contributed by atoms with Crippen LogP contribution in [0, 0.1) is 0 Å². The number of nitrogen functional groups attached to an aromatic ring is 3. The largest absolute Gasteiger partial charge is 0.480 e. The smallest absolute Gasteiger partial charge is 0.407 e. The van der Waals surface area contributed by atoms with Crippen molar-refractivity contribution in [3.63, 3.8) is 0 Å². The number of carbonyl (C=O) groups is 4. The molecule has 3 fully saturated rings. The van der Waals surface area contributed by atoms with Crippen LogP contribution >= 0.6 is 35.3 Å². The molecule has 6 aromatic heterocycles. The van der Waals surface area contributed by atoms with Crippen LogP contribution in [0.15, 0.2) is 86.3 Å². The zero-order valence-electron chi connectivity index (χ0n) is 66.1. The molecule has 38 nitrogen and oxygen atoms in total. The fourth-order valence-electron chi connectivity index (χ4n) is 10.8. The molecule has 3 saturated heterocycles. The number of nitrogens with zero attached hydrogens (tertiary/aromatic N) is 18. The monoisotopic (exact) mass is 1610 g/mol. The van der Waals surface area contributed by atoms with E-state index < -0.39 is 23.3 Å². The van der Waals surface area contributed by atoms with E-state index >= 15 is 0 Å². The van der Waals surface area contributed by atoms with Gasteiger partial charge in [-0.25, -0.2) is 34.7 Å². The summed E-state index contributed by atoms with van der Waals surface area (Å²) in [7, 11) is 11.1. The van der Waals surface area contributed by atoms with E-state index in [1.54, 1.807) is 0 Å². The first-order valence-corrected chi connectivity index (χ1v) is 38.9. The summed E-state index contributed by atoms with van der Waals surface area (Å²) in [5, 5.41) is 14.5. The highest BCUT2D eigenvalue weighted by Crippen LogP contribution is 2.43. The fourth-order valence-corrected chi connectivity index (χ4v) is 13.5. The topological polar surface area (TPSA) is 471 Å². The lowest BCUT2D eigenvalue weighted by atomic mass is 10.2. The van der Waals surface area contributed by atoms with Gasteiger partial charge < -0.3 is 97.4 Å². The maximum atomic E-state index is 11.8. The number of carbonyl (C=O) groups excluding carboxylic acids is 4. The highest BCUT2D eigenvalue weighted by molar-refractivity contribution is 7.99. The van der Waals surface area contributed by atoms with E-state index in [0.717, 1.165) is 190 Å². The Kier molecular flexibility index (Phi) is 38.3. The lowest BCUT2D eigenvalue weighted by molar-refractivity contribution is -0.112. The van der Waals surface area contributed by atoms with Gasteiger partial charge in [0, 0.05) is 103 Å². The van der Waals surface area contributed by atoms with Gasteiger partial charge in [-0.3, -0.25) is 29.1 Å². The number of rotatable bonds is 35. The quantitative estimate of drug-likeness (QED) is 0.0128. The van der Waals surface area contributed by atoms with Gasteiger partial charge in [-0.05, 0) is 153 Å². The minimum atomic E-state index is -0.499. The maximum absolute atomic E-state index is 11.8. The molecule has 6 aromatic rings. The predicted molar refractivity (Wildman–Crippen MR) is 436 cm³/mol. The van der Waals surface area contributed by atoms with E-state index in [4.69, 9.17) is 56.1 Å². The number of amides is 4. The van der Waals surface area contributed by atoms with Crippen LogP contribution < -0.4 is 92.6 Å². The summed E-state index contributed by atoms with van der Waals surface area (Å²) in [5.74, 6) is 3.61. The van der Waals surface area contributed by atoms with Gasteiger partial charge in [0.15, 0.2) is 15.5 Å². The summed E-state index contributed by atoms with van der Waals surface area (Å²) in [6.45, 7) is 35.4. The van der Waals surface area contributed by atoms with E-state index in [2.05, 4.69) is 136 Å². The summed E-state index contributed by atoms with van der Waals surface area (Å²) < 4.78 is 38.6. The number of aromatic nitrogens is 12. The van der Waals surface area contributed by atoms with Crippen LogP contribution in [0.5, 0.6) is 35.3 Å². The third-order valence-corrected chi connectivity index (χ3v) is 19.0. The lowest BCUT2D eigenvalue weighted by Crippen LogP contribution is -2.47. The molecule has 0 saturated carbocycles. The van der Waals surface area contributed by atoms with Gasteiger partial charge in [-0.15, -0.1) is 0 Å². The Labute approximate surface area is 667 Å². The molecule has 0 spiro atoms. The molecular weight excluding hydrogens is 1500 g/mol. The third-order valence-electron chi connectivity index (χ3n) is 16.2. The molecule has 9 rings (SSSR count). The van der Waals surface area contributed by atoms with Crippen LogP contribution in [0.1, 0.15) is 73.1 Å². The number of unbranched alkanes of at least 4 members (excludes halogenated alkanes) is 3. The Morgan fingerprint density at radius 3 is 0.964 bits per heavy atom. The van der Waals surface area contributed by atoms with Gasteiger partial charge in [-0.1, -0.05) is 33.6 Å². The summed E-state index contributed by atoms with van der Waals surface area (Å²) in [5.41, 5.74) is 22.8. The zero-order chi connectivity index (χ0) is 81.7. The van der Waals surface area contributed by atoms with Crippen LogP contribution in [-0.2, 0) is 19.1 Å². The summed E-state index contributed by atoms with van der Waals surface area (Å²) in [4.78, 5) is 115. The van der Waals surface area contributed by atoms with Gasteiger partial charge in [0.1, 0.15) is 55.2 Å². The molecule has 612 valence electrons. The number of piperazine rings is 3. The molecule has 0 bridgehead atoms. The van der Waals surface area contributed by atoms with Crippen LogP contribution in [0.3, 0.4) is 0 Å². The molecule has 112 heavy (non-hydrogen) atoms. The Hall–Kier alpha value is -10.2. The molecule has 4 amide bonds. The lowest BCUT2D eigenvalue weighted by Gasteiger charge is -2.35. The molecule has 0 radical (unpaired) electrons. The van der Waals surface area contributed by atoms with E-state index in [9.17, 15) is 19.2 Å². The number of nitrogens with two attached hydrogens (primary N) is 4. The number of anilines is 9. The highest BCUT2D eigenvalue weighted by Gasteiger charge is 2.30. The average Bonchev–Trinajstić information content (AvgIpc) is 0.810. The molecule has 3 aliphatic rings. The molecule has 0 atom stereocenters. The van der Waals surface area contributed by atoms with E-state index in [-0.39, 0.29) is 56.5 Å². The summed E-state index contributed by atoms with van der Waals surface area (Å²) in [6.07, 6.45) is 9.36. The molecule has 0 unspecified atom stereocenters. The van der Waals surface area contributed by atoms with Gasteiger partial charge in [0.05, 0.1) is 42.7 Å². The predicted octanol–water partition coefficient (Wildman–Crippen LogP) is 5.86. The number of ether oxygens (including phenoxy) is 7. The number of alkyl carbamates (subject to hydrolysis) is 1. The number of hydrogen-bond acceptors (Lipinski definition) is 37. The third kappa shape index (κ3) is 29.5. The SMILES string of the molecule is C=CC(=O)Nc1cc(N)nc(Sc2c(OC)nc(N3CCN(CCCCN)CC3)nc2OC)n1.C=CC(=O)Nc1cc(N)nc(Sc2c(OC)nc(N3CCN(CCCCNC(=O)OC(C)(C)C)CC3)nc2OC)n1.C=CC(=O)Nc1cc(N)nc(Sc2c(OC)nc(N3CCN(CCCCNC)CC3)nc2OC)n1.CC. The normalized spacial score (nSPS) is 13.7. The molecule has 41 heteroatoms. The van der Waals surface area contributed by atoms with Crippen molar-refractivity contribution in [2.45, 2.75) is 109 Å². The Balaban J connectivity index is 0.000000260. The second kappa shape index (κ2) is 47.3. The van der Waals surface area contributed by atoms with Crippen molar-refractivity contribution in [2.24, 2.45) is 5.73 Å². The van der Waals surface area contributed by atoms with Crippen LogP contribution in [0.2, 0.25) is 0 Å². The minimum absolute atomic E-state index is 0.175. The summed E-state index contributed by atoms with van der Waals surface area (Å²) in [6, 6.07) is 4.36. The van der Waals surface area contributed by atoms with Crippen LogP contribution in [0.4, 0.5) is 57.5 Å². The van der Waals surface area contributed by atoms with Crippen LogP contribution in [-0.4, -0.2) is 271 Å². The second-order valence-corrected chi connectivity index (χ2v) is 28.2. The van der Waals surface area contributed by atoms with Gasteiger partial charge in [-0.2, -0.15) is 29.9 Å². The van der Waals surface area contributed by atoms with Crippen molar-refractivity contribution in [1.82, 2.24) is 85.1 Å². The maximum Gasteiger partial charge on any atom is 0.407 e. The molecule has 9 heterocycles. The van der Waals surface area contributed by atoms with E-state index in [1.807, 2.05) is 41.7 Å². The minimum Gasteiger partial charge on any atom is -0.480 e. The molecule has 0 aliphatic carbocycles. The van der Waals surface area contributed by atoms with Crippen molar-refractivity contribution in [1.29, 1.82) is 0 Å². The standard InChI is InChI=1S/C26H39N9O5S.C22H33N9O3S.C21H31N9O3S.C2H6/c1-7-19(36)30-18-16-17(27)29-24(31-18)41-20-21(38-5)32-23(33-22(20)39-6)35-14-12-34(13-15-35)11-9-8-10-28-25(37)40-26(2,3)4;1-5-17(32)26-16-14-15(23)25-22(27-16)35-18-19(33-3)28-21(29-20(18)34-4)31-12-10-30(11-13-31)9-7-6-8-24-2;1-4-16(31)25-15-13-14(23)24-21(26-15)34-17-18(32-2)27-20(28-19(17)33-3)30-11-9-29(10-12-30)8-6-5-7-22;1-2/h7,16H,1,8-15H2,2-6H3,(H,28,37)(H3,27,29,30,31,36);5,14,24H,1,6-13H2,2-4H3,(H3,23,25,26,27,32);4,13H,1,5-12,22H2,2-3H3,(H3,23,24,25,26,31);1-2H3. The van der Waals surface area contributed by atoms with E-state index in [0.29, 0.717) is 74.4 Å². The van der Waals surface area contributed by atoms with Gasteiger partial charge >= 0.3 is 6.09 Å². The second-order valence-electron chi connectivity index (χ2n) is 25.3. The average molecular weight is 1610 g/mol. The van der Waals surface area contributed by atoms with Gasteiger partial charge in [0.2, 0.25) is 70.8 Å². The van der Waals surface area contributed by atoms with Crippen molar-refractivity contribution in [2.75, 3.05) is 215 Å². The zero-order valence-corrected chi connectivity index (χ0v) is 68.6. The molecule has 0 aromatic carbocycles. The number of nitrogens with one attached hydrogen (secondary N) is 5. The van der Waals surface area contributed by atoms with Crippen molar-refractivity contribution >= 4 is 112 Å². The Morgan fingerprint density at radius 1 is 0.438 bits per heavy atom. The van der Waals surface area contributed by atoms with Crippen molar-refractivity contribution < 1.29 is 52.3 Å². The first-order chi connectivity index (χ1) is 53.9. The number of methoxy groups -OCH3 is 6. The number of hydrogen-bond donors (Lipinski definition) is 9. The highest BCUT2D eigenvalue weighted by atomic mass is 32.2. The van der Waals surface area contributed by atoms with Crippen LogP contribution in [0.25, 0.3) is 0 Å². The van der Waals surface area contributed by atoms with E-state index in [1.165, 1.54) is 73.7 Å². The molecular formula is C71H109N27O11S3. The fraction of sp³-hybridized carbons (Fsp3) is 0.521. The Bertz CT molecular complexity index is 3960.